The first-order chi connectivity index (χ1) is 13.8. The first-order valence-electron chi connectivity index (χ1n) is 8.81. The molecule has 0 bridgehead atoms. The molecule has 0 unspecified atom stereocenters. The molecule has 0 radical (unpaired) electrons. The highest BCUT2D eigenvalue weighted by Crippen LogP contribution is 2.30. The Bertz CT molecular complexity index is 978. The number of piperazine rings is 1. The predicted molar refractivity (Wildman–Crippen MR) is 118 cm³/mol. The van der Waals surface area contributed by atoms with E-state index in [4.69, 9.17) is 35.4 Å². The van der Waals surface area contributed by atoms with E-state index >= 15 is 0 Å². The predicted octanol–water partition coefficient (Wildman–Crippen LogP) is 4.05. The second-order valence-electron chi connectivity index (χ2n) is 6.61. The maximum absolute atomic E-state index is 12.5. The van der Waals surface area contributed by atoms with Gasteiger partial charge in [0, 0.05) is 38.3 Å². The zero-order valence-electron chi connectivity index (χ0n) is 15.5. The highest BCUT2D eigenvalue weighted by Gasteiger charge is 2.23. The van der Waals surface area contributed by atoms with Crippen molar-refractivity contribution in [3.63, 3.8) is 0 Å². The van der Waals surface area contributed by atoms with E-state index in [0.717, 1.165) is 11.3 Å². The molecule has 0 atom stereocenters. The zero-order chi connectivity index (χ0) is 21.1. The fourth-order valence-electron chi connectivity index (χ4n) is 3.06. The van der Waals surface area contributed by atoms with E-state index in [1.54, 1.807) is 18.2 Å². The number of thiocarbonyl (C=S) groups is 1. The number of nitrogens with zero attached hydrogens (tertiary/aromatic N) is 3. The average Bonchev–Trinajstić information content (AvgIpc) is 2.67. The quantitative estimate of drug-likeness (QED) is 0.429. The van der Waals surface area contributed by atoms with Gasteiger partial charge in [0.05, 0.1) is 26.2 Å². The van der Waals surface area contributed by atoms with Crippen LogP contribution in [-0.4, -0.2) is 47.0 Å². The van der Waals surface area contributed by atoms with E-state index in [1.165, 1.54) is 12.1 Å². The fraction of sp³-hybridized carbons (Fsp3) is 0.263. The van der Waals surface area contributed by atoms with E-state index in [1.807, 2.05) is 22.8 Å². The van der Waals surface area contributed by atoms with Gasteiger partial charge in [-0.05, 0) is 42.9 Å². The number of rotatable bonds is 3. The van der Waals surface area contributed by atoms with Crippen LogP contribution in [0.5, 0.6) is 0 Å². The van der Waals surface area contributed by atoms with Crippen LogP contribution in [0.4, 0.5) is 11.4 Å². The summed E-state index contributed by atoms with van der Waals surface area (Å²) in [4.78, 5) is 26.8. The molecule has 1 fully saturated rings. The number of hydrogen-bond acceptors (Lipinski definition) is 5. The maximum Gasteiger partial charge on any atom is 0.271 e. The molecule has 1 aliphatic rings. The molecule has 0 spiro atoms. The molecule has 152 valence electrons. The van der Waals surface area contributed by atoms with E-state index in [-0.39, 0.29) is 11.6 Å². The van der Waals surface area contributed by atoms with Crippen molar-refractivity contribution in [3.05, 3.63) is 67.7 Å². The number of carbonyl (C=O) groups excluding carboxylic acids is 1. The Kier molecular flexibility index (Phi) is 6.56. The number of amides is 1. The lowest BCUT2D eigenvalue weighted by atomic mass is 10.1. The summed E-state index contributed by atoms with van der Waals surface area (Å²) in [6.45, 7) is 4.27. The minimum Gasteiger partial charge on any atom is -0.367 e. The second kappa shape index (κ2) is 8.94. The Morgan fingerprint density at radius 3 is 2.38 bits per heavy atom. The normalized spacial score (nSPS) is 13.9. The van der Waals surface area contributed by atoms with Gasteiger partial charge in [-0.15, -0.1) is 0 Å². The molecule has 0 saturated carbocycles. The third-order valence-electron chi connectivity index (χ3n) is 4.64. The number of benzene rings is 2. The van der Waals surface area contributed by atoms with Gasteiger partial charge < -0.3 is 9.80 Å². The number of nitro groups is 1. The number of nitrogens with one attached hydrogen (secondary N) is 1. The standard InChI is InChI=1S/C19H18Cl2N4O3S/c1-12-2-4-14(15(20)10-12)18(26)22-19(29)24-8-6-23(7-9-24)17-5-3-13(25(27)28)11-16(17)21/h2-5,10-11H,6-9H2,1H3,(H,22,26,29). The zero-order valence-corrected chi connectivity index (χ0v) is 17.9. The van der Waals surface area contributed by atoms with Crippen LogP contribution >= 0.6 is 35.4 Å². The third kappa shape index (κ3) is 4.95. The molecule has 1 saturated heterocycles. The summed E-state index contributed by atoms with van der Waals surface area (Å²) in [7, 11) is 0. The van der Waals surface area contributed by atoms with Gasteiger partial charge in [0.1, 0.15) is 0 Å². The van der Waals surface area contributed by atoms with Crippen LogP contribution in [-0.2, 0) is 0 Å². The minimum absolute atomic E-state index is 0.0453. The van der Waals surface area contributed by atoms with E-state index in [2.05, 4.69) is 5.32 Å². The molecule has 10 heteroatoms. The van der Waals surface area contributed by atoms with Gasteiger partial charge >= 0.3 is 0 Å². The molecule has 3 rings (SSSR count). The van der Waals surface area contributed by atoms with Gasteiger partial charge in [-0.1, -0.05) is 29.3 Å². The molecule has 0 aliphatic carbocycles. The Morgan fingerprint density at radius 2 is 1.79 bits per heavy atom. The number of halogens is 2. The van der Waals surface area contributed by atoms with Crippen LogP contribution in [0.2, 0.25) is 10.0 Å². The van der Waals surface area contributed by atoms with Crippen molar-refractivity contribution >= 4 is 57.8 Å². The SMILES string of the molecule is Cc1ccc(C(=O)NC(=S)N2CCN(c3ccc([N+](=O)[O-])cc3Cl)CC2)c(Cl)c1. The number of nitro benzene ring substituents is 1. The van der Waals surface area contributed by atoms with Crippen molar-refractivity contribution in [1.29, 1.82) is 0 Å². The van der Waals surface area contributed by atoms with Gasteiger partial charge in [0.2, 0.25) is 0 Å². The summed E-state index contributed by atoms with van der Waals surface area (Å²) in [5.74, 6) is -0.346. The minimum atomic E-state index is -0.477. The molecule has 1 N–H and O–H groups in total. The van der Waals surface area contributed by atoms with Crippen molar-refractivity contribution in [3.8, 4) is 0 Å². The van der Waals surface area contributed by atoms with E-state index in [0.29, 0.717) is 46.9 Å². The lowest BCUT2D eigenvalue weighted by molar-refractivity contribution is -0.384. The Balaban J connectivity index is 1.59. The van der Waals surface area contributed by atoms with Gasteiger partial charge in [-0.3, -0.25) is 20.2 Å². The topological polar surface area (TPSA) is 78.7 Å². The summed E-state index contributed by atoms with van der Waals surface area (Å²) in [6.07, 6.45) is 0. The van der Waals surface area contributed by atoms with Crippen LogP contribution in [0.1, 0.15) is 15.9 Å². The highest BCUT2D eigenvalue weighted by atomic mass is 35.5. The second-order valence-corrected chi connectivity index (χ2v) is 7.81. The van der Waals surface area contributed by atoms with Gasteiger partial charge in [0.25, 0.3) is 11.6 Å². The number of carbonyl (C=O) groups is 1. The van der Waals surface area contributed by atoms with Crippen molar-refractivity contribution in [1.82, 2.24) is 10.2 Å². The largest absolute Gasteiger partial charge is 0.367 e. The number of aryl methyl sites for hydroxylation is 1. The molecule has 7 nitrogen and oxygen atoms in total. The molecule has 1 aliphatic heterocycles. The van der Waals surface area contributed by atoms with Crippen molar-refractivity contribution in [2.45, 2.75) is 6.92 Å². The van der Waals surface area contributed by atoms with Crippen LogP contribution in [0.25, 0.3) is 0 Å². The maximum atomic E-state index is 12.5. The third-order valence-corrected chi connectivity index (χ3v) is 5.62. The Hall–Kier alpha value is -2.42. The molecule has 1 amide bonds. The summed E-state index contributed by atoms with van der Waals surface area (Å²) in [5, 5.41) is 14.6. The molecule has 29 heavy (non-hydrogen) atoms. The first-order valence-corrected chi connectivity index (χ1v) is 9.98. The number of hydrogen-bond donors (Lipinski definition) is 1. The van der Waals surface area contributed by atoms with Gasteiger partial charge in [-0.25, -0.2) is 0 Å². The Morgan fingerprint density at radius 1 is 1.10 bits per heavy atom. The number of anilines is 1. The van der Waals surface area contributed by atoms with Crippen molar-refractivity contribution < 1.29 is 9.72 Å². The lowest BCUT2D eigenvalue weighted by Crippen LogP contribution is -2.52. The smallest absolute Gasteiger partial charge is 0.271 e. The summed E-state index contributed by atoms with van der Waals surface area (Å²) in [6, 6.07) is 9.64. The van der Waals surface area contributed by atoms with Crippen LogP contribution in [0.15, 0.2) is 36.4 Å². The molecule has 1 heterocycles. The van der Waals surface area contributed by atoms with Crippen LogP contribution in [0, 0.1) is 17.0 Å². The molecular formula is C19H18Cl2N4O3S. The highest BCUT2D eigenvalue weighted by molar-refractivity contribution is 7.80. The van der Waals surface area contributed by atoms with Crippen LogP contribution in [0.3, 0.4) is 0 Å². The first kappa shape index (κ1) is 21.3. The van der Waals surface area contributed by atoms with Crippen molar-refractivity contribution in [2.75, 3.05) is 31.1 Å². The molecule has 2 aromatic rings. The molecule has 2 aromatic carbocycles. The summed E-state index contributed by atoms with van der Waals surface area (Å²) >= 11 is 17.7. The fourth-order valence-corrected chi connectivity index (χ4v) is 3.95. The van der Waals surface area contributed by atoms with E-state index in [9.17, 15) is 14.9 Å². The van der Waals surface area contributed by atoms with Crippen LogP contribution < -0.4 is 10.2 Å². The average molecular weight is 453 g/mol. The number of non-ortho nitro benzene ring substituents is 1. The Labute approximate surface area is 183 Å². The van der Waals surface area contributed by atoms with E-state index < -0.39 is 4.92 Å². The van der Waals surface area contributed by atoms with Gasteiger partial charge in [-0.2, -0.15) is 0 Å². The summed E-state index contributed by atoms with van der Waals surface area (Å²) < 4.78 is 0. The van der Waals surface area contributed by atoms with Gasteiger partial charge in [0.15, 0.2) is 5.11 Å². The monoisotopic (exact) mass is 452 g/mol. The van der Waals surface area contributed by atoms with Crippen molar-refractivity contribution in [2.24, 2.45) is 0 Å². The lowest BCUT2D eigenvalue weighted by Gasteiger charge is -2.37. The molecule has 0 aromatic heterocycles. The molecular weight excluding hydrogens is 435 g/mol. The summed E-state index contributed by atoms with van der Waals surface area (Å²) in [5.41, 5.74) is 2.03.